The fourth-order valence-corrected chi connectivity index (χ4v) is 4.66. The fraction of sp³-hybridized carbons (Fsp3) is 0.462. The highest BCUT2D eigenvalue weighted by Crippen LogP contribution is 2.38. The topological polar surface area (TPSA) is 109 Å². The molecule has 5 rings (SSSR count). The van der Waals surface area contributed by atoms with Gasteiger partial charge in [0.15, 0.2) is 0 Å². The molecule has 1 saturated carbocycles. The van der Waals surface area contributed by atoms with Crippen LogP contribution in [0.1, 0.15) is 40.9 Å². The molecule has 2 N–H and O–H groups in total. The standard InChI is InChI=1S/C26H27F4N5O4/c1-13-20(25(37)34-18-8-35(11-26(18,29)30)19(36)10-38-2)22-23(33-13)21(31-12-32-22)16-7-15(24(27)28)5-6-17(16)39-9-14-3-4-14/h5-7,12,14,18,24,33H,3-4,8-11H2,1-2H3,(H,34,37)/t18-/m1/s1. The van der Waals surface area contributed by atoms with E-state index >= 15 is 0 Å². The van der Waals surface area contributed by atoms with Crippen molar-refractivity contribution in [2.24, 2.45) is 5.92 Å². The monoisotopic (exact) mass is 549 g/mol. The van der Waals surface area contributed by atoms with Crippen LogP contribution in [-0.4, -0.2) is 77.0 Å². The molecule has 1 aliphatic carbocycles. The van der Waals surface area contributed by atoms with E-state index in [1.807, 2.05) is 0 Å². The number of carbonyl (C=O) groups excluding carboxylic acids is 2. The summed E-state index contributed by atoms with van der Waals surface area (Å²) in [5, 5.41) is 2.34. The van der Waals surface area contributed by atoms with Gasteiger partial charge in [0.05, 0.1) is 24.2 Å². The van der Waals surface area contributed by atoms with Crippen LogP contribution in [0.15, 0.2) is 24.5 Å². The van der Waals surface area contributed by atoms with Crippen LogP contribution in [-0.2, 0) is 9.53 Å². The molecular formula is C26H27F4N5O4. The van der Waals surface area contributed by atoms with E-state index in [0.717, 1.165) is 17.7 Å². The van der Waals surface area contributed by atoms with Gasteiger partial charge in [-0.15, -0.1) is 0 Å². The van der Waals surface area contributed by atoms with Crippen LogP contribution in [0, 0.1) is 12.8 Å². The molecule has 1 saturated heterocycles. The van der Waals surface area contributed by atoms with E-state index in [0.29, 0.717) is 29.5 Å². The second-order valence-electron chi connectivity index (χ2n) is 9.88. The molecular weight excluding hydrogens is 522 g/mol. The maximum atomic E-state index is 14.7. The average Bonchev–Trinajstić information content (AvgIpc) is 3.58. The van der Waals surface area contributed by atoms with E-state index < -0.39 is 36.7 Å². The number of hydrogen-bond acceptors (Lipinski definition) is 6. The van der Waals surface area contributed by atoms with Gasteiger partial charge in [-0.2, -0.15) is 0 Å². The highest BCUT2D eigenvalue weighted by atomic mass is 19.3. The Morgan fingerprint density at radius 3 is 2.72 bits per heavy atom. The Hall–Kier alpha value is -3.74. The number of rotatable bonds is 9. The number of aromatic nitrogens is 3. The summed E-state index contributed by atoms with van der Waals surface area (Å²) in [7, 11) is 1.28. The number of ether oxygens (including phenoxy) is 2. The lowest BCUT2D eigenvalue weighted by molar-refractivity contribution is -0.135. The maximum Gasteiger partial charge on any atom is 0.286 e. The van der Waals surface area contributed by atoms with Gasteiger partial charge in [-0.1, -0.05) is 0 Å². The van der Waals surface area contributed by atoms with Crippen LogP contribution in [0.25, 0.3) is 22.3 Å². The van der Waals surface area contributed by atoms with Crippen molar-refractivity contribution in [3.63, 3.8) is 0 Å². The highest BCUT2D eigenvalue weighted by Gasteiger charge is 2.50. The van der Waals surface area contributed by atoms with Crippen molar-refractivity contribution >= 4 is 22.8 Å². The van der Waals surface area contributed by atoms with Crippen LogP contribution in [0.3, 0.4) is 0 Å². The van der Waals surface area contributed by atoms with Crippen molar-refractivity contribution in [1.29, 1.82) is 0 Å². The van der Waals surface area contributed by atoms with Crippen LogP contribution in [0.4, 0.5) is 17.6 Å². The number of aryl methyl sites for hydroxylation is 1. The molecule has 0 unspecified atom stereocenters. The molecule has 1 aliphatic heterocycles. The SMILES string of the molecule is COCC(=O)N1C[C@@H](NC(=O)c2c(C)[nH]c3c(-c4cc(C(F)F)ccc4OCC4CC4)ncnc23)C(F)(F)C1. The second-order valence-corrected chi connectivity index (χ2v) is 9.88. The minimum atomic E-state index is -3.36. The summed E-state index contributed by atoms with van der Waals surface area (Å²) in [6, 6.07) is 2.42. The Morgan fingerprint density at radius 1 is 1.26 bits per heavy atom. The molecule has 1 aromatic carbocycles. The summed E-state index contributed by atoms with van der Waals surface area (Å²) in [5.74, 6) is -4.02. The Labute approximate surface area is 220 Å². The van der Waals surface area contributed by atoms with Crippen LogP contribution in [0.2, 0.25) is 0 Å². The zero-order chi connectivity index (χ0) is 27.9. The number of amides is 2. The van der Waals surface area contributed by atoms with Crippen LogP contribution < -0.4 is 10.1 Å². The predicted octanol–water partition coefficient (Wildman–Crippen LogP) is 3.88. The van der Waals surface area contributed by atoms with Gasteiger partial charge in [0, 0.05) is 30.5 Å². The van der Waals surface area contributed by atoms with Crippen molar-refractivity contribution in [2.45, 2.75) is 38.2 Å². The zero-order valence-electron chi connectivity index (χ0n) is 21.3. The molecule has 2 aromatic heterocycles. The number of carbonyl (C=O) groups is 2. The van der Waals surface area contributed by atoms with E-state index in [9.17, 15) is 27.2 Å². The Kier molecular flexibility index (Phi) is 7.19. The summed E-state index contributed by atoms with van der Waals surface area (Å²) in [6.45, 7) is 0.430. The lowest BCUT2D eigenvalue weighted by atomic mass is 10.0. The number of aromatic amines is 1. The molecule has 3 heterocycles. The van der Waals surface area contributed by atoms with Crippen LogP contribution in [0.5, 0.6) is 5.75 Å². The van der Waals surface area contributed by atoms with Gasteiger partial charge in [-0.3, -0.25) is 9.59 Å². The van der Waals surface area contributed by atoms with E-state index in [-0.39, 0.29) is 41.0 Å². The summed E-state index contributed by atoms with van der Waals surface area (Å²) in [6.07, 6.45) is 0.522. The number of nitrogens with one attached hydrogen (secondary N) is 2. The first-order valence-corrected chi connectivity index (χ1v) is 12.4. The minimum Gasteiger partial charge on any atom is -0.493 e. The van der Waals surface area contributed by atoms with Crippen molar-refractivity contribution in [3.05, 3.63) is 41.3 Å². The number of nitrogens with zero attached hydrogens (tertiary/aromatic N) is 3. The molecule has 3 aromatic rings. The van der Waals surface area contributed by atoms with Gasteiger partial charge >= 0.3 is 0 Å². The molecule has 13 heteroatoms. The molecule has 2 amide bonds. The number of halogens is 4. The quantitative estimate of drug-likeness (QED) is 0.392. The number of likely N-dealkylation sites (tertiary alicyclic amines) is 1. The number of benzene rings is 1. The first-order valence-electron chi connectivity index (χ1n) is 12.4. The lowest BCUT2D eigenvalue weighted by Gasteiger charge is -2.18. The van der Waals surface area contributed by atoms with Gasteiger partial charge in [0.25, 0.3) is 18.3 Å². The van der Waals surface area contributed by atoms with Gasteiger partial charge in [-0.25, -0.2) is 27.5 Å². The van der Waals surface area contributed by atoms with Crippen molar-refractivity contribution in [2.75, 3.05) is 33.4 Å². The third-order valence-corrected chi connectivity index (χ3v) is 6.92. The number of alkyl halides is 4. The summed E-state index contributed by atoms with van der Waals surface area (Å²) in [5.41, 5.74) is 1.05. The molecule has 2 fully saturated rings. The lowest BCUT2D eigenvalue weighted by Crippen LogP contribution is -2.46. The highest BCUT2D eigenvalue weighted by molar-refractivity contribution is 6.09. The normalized spacial score (nSPS) is 18.6. The fourth-order valence-electron chi connectivity index (χ4n) is 4.66. The second kappa shape index (κ2) is 10.4. The van der Waals surface area contributed by atoms with Gasteiger partial charge < -0.3 is 24.7 Å². The van der Waals surface area contributed by atoms with Crippen molar-refractivity contribution in [3.8, 4) is 17.0 Å². The average molecular weight is 550 g/mol. The number of fused-ring (bicyclic) bond motifs is 1. The number of hydrogen-bond donors (Lipinski definition) is 2. The van der Waals surface area contributed by atoms with Crippen LogP contribution >= 0.6 is 0 Å². The largest absolute Gasteiger partial charge is 0.493 e. The molecule has 0 spiro atoms. The molecule has 0 radical (unpaired) electrons. The summed E-state index contributed by atoms with van der Waals surface area (Å²) >= 11 is 0. The van der Waals surface area contributed by atoms with Crippen molar-refractivity contribution < 1.29 is 36.6 Å². The van der Waals surface area contributed by atoms with Crippen molar-refractivity contribution in [1.82, 2.24) is 25.2 Å². The van der Waals surface area contributed by atoms with E-state index in [1.165, 1.54) is 31.6 Å². The summed E-state index contributed by atoms with van der Waals surface area (Å²) in [4.78, 5) is 37.8. The third kappa shape index (κ3) is 5.40. The zero-order valence-corrected chi connectivity index (χ0v) is 21.3. The molecule has 9 nitrogen and oxygen atoms in total. The molecule has 0 bridgehead atoms. The minimum absolute atomic E-state index is 0.0107. The molecule has 2 aliphatic rings. The Bertz CT molecular complexity index is 1410. The molecule has 1 atom stereocenters. The Morgan fingerprint density at radius 2 is 2.03 bits per heavy atom. The molecule has 208 valence electrons. The maximum absolute atomic E-state index is 14.7. The number of methoxy groups -OCH3 is 1. The first-order chi connectivity index (χ1) is 18.6. The predicted molar refractivity (Wildman–Crippen MR) is 132 cm³/mol. The van der Waals surface area contributed by atoms with Gasteiger partial charge in [0.1, 0.15) is 35.9 Å². The van der Waals surface area contributed by atoms with E-state index in [1.54, 1.807) is 6.92 Å². The smallest absolute Gasteiger partial charge is 0.286 e. The number of H-pyrrole nitrogens is 1. The first kappa shape index (κ1) is 26.9. The van der Waals surface area contributed by atoms with E-state index in [4.69, 9.17) is 9.47 Å². The Balaban J connectivity index is 1.48. The summed E-state index contributed by atoms with van der Waals surface area (Å²) < 4.78 is 67.1. The van der Waals surface area contributed by atoms with Gasteiger partial charge in [-0.05, 0) is 43.9 Å². The third-order valence-electron chi connectivity index (χ3n) is 6.92. The van der Waals surface area contributed by atoms with Gasteiger partial charge in [0.2, 0.25) is 5.91 Å². The van der Waals surface area contributed by atoms with E-state index in [2.05, 4.69) is 20.3 Å². The molecule has 39 heavy (non-hydrogen) atoms.